The van der Waals surface area contributed by atoms with E-state index in [1.807, 2.05) is 43.3 Å². The molecule has 0 bridgehead atoms. The van der Waals surface area contributed by atoms with Crippen LogP contribution >= 0.6 is 0 Å². The van der Waals surface area contributed by atoms with Crippen molar-refractivity contribution >= 4 is 11.7 Å². The van der Waals surface area contributed by atoms with E-state index >= 15 is 0 Å². The number of carbonyl (C=O) groups is 1. The molecule has 0 spiro atoms. The van der Waals surface area contributed by atoms with E-state index in [4.69, 9.17) is 4.74 Å². The van der Waals surface area contributed by atoms with Gasteiger partial charge in [0.05, 0.1) is 6.33 Å². The molecule has 160 valence electrons. The number of benzene rings is 1. The smallest absolute Gasteiger partial charge is 0.253 e. The van der Waals surface area contributed by atoms with Crippen molar-refractivity contribution in [3.05, 3.63) is 70.7 Å². The highest BCUT2D eigenvalue weighted by Gasteiger charge is 2.23. The van der Waals surface area contributed by atoms with E-state index in [2.05, 4.69) is 19.9 Å². The highest BCUT2D eigenvalue weighted by molar-refractivity contribution is 5.76. The van der Waals surface area contributed by atoms with Crippen LogP contribution in [0.15, 0.2) is 53.6 Å². The molecule has 1 saturated heterocycles. The van der Waals surface area contributed by atoms with Crippen molar-refractivity contribution in [1.29, 1.82) is 0 Å². The summed E-state index contributed by atoms with van der Waals surface area (Å²) in [5.74, 6) is 2.48. The maximum atomic E-state index is 12.6. The summed E-state index contributed by atoms with van der Waals surface area (Å²) in [5, 5.41) is 0. The van der Waals surface area contributed by atoms with Crippen LogP contribution < -0.4 is 15.2 Å². The van der Waals surface area contributed by atoms with E-state index in [9.17, 15) is 9.59 Å². The van der Waals surface area contributed by atoms with Crippen molar-refractivity contribution in [3.63, 3.8) is 0 Å². The van der Waals surface area contributed by atoms with Crippen LogP contribution in [-0.4, -0.2) is 56.5 Å². The number of hydrogen-bond donors (Lipinski definition) is 0. The summed E-state index contributed by atoms with van der Waals surface area (Å²) in [4.78, 5) is 41.5. The lowest BCUT2D eigenvalue weighted by atomic mass is 10.3. The van der Waals surface area contributed by atoms with Gasteiger partial charge in [-0.2, -0.15) is 4.98 Å². The summed E-state index contributed by atoms with van der Waals surface area (Å²) in [7, 11) is 0. The van der Waals surface area contributed by atoms with E-state index in [0.717, 1.165) is 5.82 Å². The van der Waals surface area contributed by atoms with Crippen molar-refractivity contribution < 1.29 is 9.53 Å². The molecule has 1 aromatic carbocycles. The van der Waals surface area contributed by atoms with Gasteiger partial charge in [0.15, 0.2) is 0 Å². The van der Waals surface area contributed by atoms with Gasteiger partial charge < -0.3 is 14.5 Å². The molecular formula is C22H24N6O3. The Balaban J connectivity index is 1.39. The molecule has 3 aromatic rings. The Morgan fingerprint density at radius 2 is 1.77 bits per heavy atom. The van der Waals surface area contributed by atoms with Gasteiger partial charge in [0.2, 0.25) is 11.8 Å². The number of hydrogen-bond acceptors (Lipinski definition) is 7. The highest BCUT2D eigenvalue weighted by Crippen LogP contribution is 2.23. The van der Waals surface area contributed by atoms with Gasteiger partial charge in [-0.25, -0.2) is 9.97 Å². The number of para-hydroxylation sites is 1. The minimum absolute atomic E-state index is 0.00616. The van der Waals surface area contributed by atoms with Gasteiger partial charge in [-0.3, -0.25) is 14.2 Å². The maximum absolute atomic E-state index is 12.6. The standard InChI is InChI=1S/C22H24N6O3/c1-16-12-21(29)28(15-23-16)14-22(30)27-10-8-26(9-11-27)19-13-20(25-17(2)24-19)31-18-6-4-3-5-7-18/h3-7,12-13,15H,8-11,14H2,1-2H3. The van der Waals surface area contributed by atoms with Crippen LogP contribution in [0.5, 0.6) is 11.6 Å². The number of ether oxygens (including phenoxy) is 1. The first-order chi connectivity index (χ1) is 15.0. The van der Waals surface area contributed by atoms with Gasteiger partial charge in [0.25, 0.3) is 5.56 Å². The van der Waals surface area contributed by atoms with E-state index in [-0.39, 0.29) is 18.0 Å². The second-order valence-corrected chi connectivity index (χ2v) is 7.39. The number of rotatable bonds is 5. The summed E-state index contributed by atoms with van der Waals surface area (Å²) in [6.07, 6.45) is 1.42. The number of aromatic nitrogens is 4. The molecule has 0 N–H and O–H groups in total. The monoisotopic (exact) mass is 420 g/mol. The van der Waals surface area contributed by atoms with E-state index in [0.29, 0.717) is 49.3 Å². The minimum atomic E-state index is -0.220. The average Bonchev–Trinajstić information content (AvgIpc) is 2.76. The van der Waals surface area contributed by atoms with Crippen LogP contribution in [0.25, 0.3) is 0 Å². The second kappa shape index (κ2) is 8.95. The number of carbonyl (C=O) groups excluding carboxylic acids is 1. The number of amides is 1. The zero-order valence-electron chi connectivity index (χ0n) is 17.6. The van der Waals surface area contributed by atoms with Crippen LogP contribution in [0, 0.1) is 13.8 Å². The first kappa shape index (κ1) is 20.5. The van der Waals surface area contributed by atoms with Crippen molar-refractivity contribution in [2.45, 2.75) is 20.4 Å². The summed E-state index contributed by atoms with van der Waals surface area (Å²) >= 11 is 0. The molecule has 9 heteroatoms. The molecule has 3 heterocycles. The third kappa shape index (κ3) is 5.06. The Labute approximate surface area is 180 Å². The van der Waals surface area contributed by atoms with Gasteiger partial charge in [-0.1, -0.05) is 18.2 Å². The topological polar surface area (TPSA) is 93.5 Å². The third-order valence-corrected chi connectivity index (χ3v) is 5.04. The third-order valence-electron chi connectivity index (χ3n) is 5.04. The molecule has 0 aliphatic carbocycles. The zero-order chi connectivity index (χ0) is 21.8. The van der Waals surface area contributed by atoms with Crippen LogP contribution in [0.1, 0.15) is 11.5 Å². The predicted octanol–water partition coefficient (Wildman–Crippen LogP) is 1.79. The van der Waals surface area contributed by atoms with Gasteiger partial charge in [-0.15, -0.1) is 0 Å². The molecule has 0 radical (unpaired) electrons. The van der Waals surface area contributed by atoms with Gasteiger partial charge in [0, 0.05) is 44.0 Å². The molecule has 4 rings (SSSR count). The number of anilines is 1. The highest BCUT2D eigenvalue weighted by atomic mass is 16.5. The minimum Gasteiger partial charge on any atom is -0.439 e. The molecular weight excluding hydrogens is 396 g/mol. The normalized spacial score (nSPS) is 13.9. The zero-order valence-corrected chi connectivity index (χ0v) is 17.6. The van der Waals surface area contributed by atoms with Crippen LogP contribution in [-0.2, 0) is 11.3 Å². The van der Waals surface area contributed by atoms with Gasteiger partial charge in [0.1, 0.15) is 23.9 Å². The Kier molecular flexibility index (Phi) is 5.92. The quantitative estimate of drug-likeness (QED) is 0.621. The molecule has 1 amide bonds. The molecule has 1 aliphatic heterocycles. The largest absolute Gasteiger partial charge is 0.439 e. The lowest BCUT2D eigenvalue weighted by Gasteiger charge is -2.35. The fourth-order valence-corrected chi connectivity index (χ4v) is 3.41. The van der Waals surface area contributed by atoms with Gasteiger partial charge in [-0.05, 0) is 26.0 Å². The van der Waals surface area contributed by atoms with Crippen molar-refractivity contribution in [3.8, 4) is 11.6 Å². The van der Waals surface area contributed by atoms with E-state index < -0.39 is 0 Å². The fraction of sp³-hybridized carbons (Fsp3) is 0.318. The lowest BCUT2D eigenvalue weighted by molar-refractivity contribution is -0.132. The summed E-state index contributed by atoms with van der Waals surface area (Å²) in [5.41, 5.74) is 0.417. The Hall–Kier alpha value is -3.75. The number of piperazine rings is 1. The molecule has 0 atom stereocenters. The SMILES string of the molecule is Cc1cc(=O)n(CC(=O)N2CCN(c3cc(Oc4ccccc4)nc(C)n3)CC2)cn1. The Bertz CT molecular complexity index is 1120. The Morgan fingerprint density at radius 3 is 2.48 bits per heavy atom. The maximum Gasteiger partial charge on any atom is 0.253 e. The van der Waals surface area contributed by atoms with Crippen molar-refractivity contribution in [2.75, 3.05) is 31.1 Å². The molecule has 2 aromatic heterocycles. The van der Waals surface area contributed by atoms with Crippen molar-refractivity contribution in [2.24, 2.45) is 0 Å². The van der Waals surface area contributed by atoms with E-state index in [1.165, 1.54) is 17.0 Å². The lowest BCUT2D eigenvalue weighted by Crippen LogP contribution is -2.50. The van der Waals surface area contributed by atoms with Crippen LogP contribution in [0.4, 0.5) is 5.82 Å². The van der Waals surface area contributed by atoms with E-state index in [1.54, 1.807) is 11.8 Å². The molecule has 9 nitrogen and oxygen atoms in total. The van der Waals surface area contributed by atoms with Crippen LogP contribution in [0.2, 0.25) is 0 Å². The van der Waals surface area contributed by atoms with Crippen molar-refractivity contribution in [1.82, 2.24) is 24.4 Å². The van der Waals surface area contributed by atoms with Gasteiger partial charge >= 0.3 is 0 Å². The number of aryl methyl sites for hydroxylation is 2. The summed E-state index contributed by atoms with van der Waals surface area (Å²) < 4.78 is 7.19. The summed E-state index contributed by atoms with van der Waals surface area (Å²) in [6, 6.07) is 12.7. The average molecular weight is 420 g/mol. The predicted molar refractivity (Wildman–Crippen MR) is 115 cm³/mol. The molecule has 0 unspecified atom stereocenters. The summed E-state index contributed by atoms with van der Waals surface area (Å²) in [6.45, 7) is 5.93. The first-order valence-electron chi connectivity index (χ1n) is 10.1. The number of nitrogens with zero attached hydrogens (tertiary/aromatic N) is 6. The second-order valence-electron chi connectivity index (χ2n) is 7.39. The van der Waals surface area contributed by atoms with Crippen LogP contribution in [0.3, 0.4) is 0 Å². The Morgan fingerprint density at radius 1 is 1.03 bits per heavy atom. The molecule has 31 heavy (non-hydrogen) atoms. The first-order valence-corrected chi connectivity index (χ1v) is 10.1. The molecule has 1 aliphatic rings. The molecule has 1 fully saturated rings. The molecule has 0 saturated carbocycles. The fourth-order valence-electron chi connectivity index (χ4n) is 3.41.